The van der Waals surface area contributed by atoms with E-state index in [0.29, 0.717) is 17.1 Å². The molecule has 4 aliphatic carbocycles. The Balaban J connectivity index is 1.68. The molecule has 4 saturated carbocycles. The summed E-state index contributed by atoms with van der Waals surface area (Å²) in [6.45, 7) is 9.36. The monoisotopic (exact) mass is 302 g/mol. The van der Waals surface area contributed by atoms with Crippen LogP contribution in [-0.2, 0) is 4.79 Å². The molecule has 0 saturated heterocycles. The van der Waals surface area contributed by atoms with Crippen molar-refractivity contribution < 1.29 is 4.79 Å². The summed E-state index contributed by atoms with van der Waals surface area (Å²) in [7, 11) is 0. The van der Waals surface area contributed by atoms with Crippen molar-refractivity contribution in [1.82, 2.24) is 0 Å². The lowest BCUT2D eigenvalue weighted by Gasteiger charge is -2.59. The number of carbonyl (C=O) groups excluding carboxylic acids is 1. The van der Waals surface area contributed by atoms with E-state index in [1.54, 1.807) is 0 Å². The van der Waals surface area contributed by atoms with E-state index < -0.39 is 0 Å². The molecule has 0 bridgehead atoms. The molecule has 124 valence electrons. The van der Waals surface area contributed by atoms with Gasteiger partial charge in [-0.1, -0.05) is 40.5 Å². The Morgan fingerprint density at radius 2 is 1.64 bits per heavy atom. The molecule has 1 nitrogen and oxygen atoms in total. The number of fused-ring (bicyclic) bond motifs is 5. The van der Waals surface area contributed by atoms with Crippen molar-refractivity contribution in [2.75, 3.05) is 0 Å². The fourth-order valence-electron chi connectivity index (χ4n) is 7.69. The highest BCUT2D eigenvalue weighted by molar-refractivity contribution is 5.92. The summed E-state index contributed by atoms with van der Waals surface area (Å²) in [5.41, 5.74) is 0.527. The van der Waals surface area contributed by atoms with Gasteiger partial charge in [-0.3, -0.25) is 4.79 Å². The van der Waals surface area contributed by atoms with Crippen molar-refractivity contribution in [1.29, 1.82) is 0 Å². The zero-order valence-electron chi connectivity index (χ0n) is 15.1. The van der Waals surface area contributed by atoms with Crippen LogP contribution in [-0.4, -0.2) is 5.78 Å². The molecule has 4 rings (SSSR count). The van der Waals surface area contributed by atoms with E-state index in [1.165, 1.54) is 51.4 Å². The van der Waals surface area contributed by atoms with Crippen LogP contribution in [0.15, 0.2) is 0 Å². The van der Waals surface area contributed by atoms with E-state index in [9.17, 15) is 4.79 Å². The van der Waals surface area contributed by atoms with Crippen molar-refractivity contribution >= 4 is 5.78 Å². The molecule has 0 aliphatic heterocycles. The Bertz CT molecular complexity index is 492. The van der Waals surface area contributed by atoms with Gasteiger partial charge in [0.1, 0.15) is 5.78 Å². The third kappa shape index (κ3) is 1.80. The van der Waals surface area contributed by atoms with Gasteiger partial charge in [-0.05, 0) is 74.0 Å². The van der Waals surface area contributed by atoms with Crippen LogP contribution < -0.4 is 0 Å². The largest absolute Gasteiger partial charge is 0.298 e. The molecule has 4 aliphatic rings. The predicted octanol–water partition coefficient (Wildman–Crippen LogP) is 5.62. The lowest BCUT2D eigenvalue weighted by Crippen LogP contribution is -2.52. The van der Waals surface area contributed by atoms with Crippen molar-refractivity contribution in [3.05, 3.63) is 0 Å². The molecule has 0 aromatic heterocycles. The fraction of sp³-hybridized carbons (Fsp3) is 0.952. The van der Waals surface area contributed by atoms with Gasteiger partial charge in [0.15, 0.2) is 0 Å². The van der Waals surface area contributed by atoms with Crippen LogP contribution in [0.3, 0.4) is 0 Å². The number of hydrogen-bond acceptors (Lipinski definition) is 1. The fourth-order valence-corrected chi connectivity index (χ4v) is 7.69. The third-order valence-electron chi connectivity index (χ3n) is 8.84. The van der Waals surface area contributed by atoms with Crippen LogP contribution in [0.2, 0.25) is 0 Å². The van der Waals surface area contributed by atoms with E-state index in [0.717, 1.165) is 24.2 Å². The Labute approximate surface area is 136 Å². The third-order valence-corrected chi connectivity index (χ3v) is 8.84. The normalized spacial score (nSPS) is 53.5. The Morgan fingerprint density at radius 3 is 2.41 bits per heavy atom. The van der Waals surface area contributed by atoms with Crippen molar-refractivity contribution in [2.24, 2.45) is 39.9 Å². The maximum absolute atomic E-state index is 13.0. The van der Waals surface area contributed by atoms with E-state index in [4.69, 9.17) is 0 Å². The summed E-state index contributed by atoms with van der Waals surface area (Å²) < 4.78 is 0. The van der Waals surface area contributed by atoms with Gasteiger partial charge in [-0.2, -0.15) is 0 Å². The molecule has 0 amide bonds. The van der Waals surface area contributed by atoms with Gasteiger partial charge in [-0.25, -0.2) is 0 Å². The number of ketones is 1. The second-order valence-electron chi connectivity index (χ2n) is 10.3. The zero-order chi connectivity index (χ0) is 15.8. The quantitative estimate of drug-likeness (QED) is 0.567. The molecule has 4 fully saturated rings. The molecule has 6 atom stereocenters. The van der Waals surface area contributed by atoms with Crippen LogP contribution in [0, 0.1) is 39.9 Å². The average Bonchev–Trinajstić information content (AvgIpc) is 2.66. The van der Waals surface area contributed by atoms with E-state index >= 15 is 0 Å². The highest BCUT2D eigenvalue weighted by Gasteiger charge is 2.63. The predicted molar refractivity (Wildman–Crippen MR) is 90.5 cm³/mol. The van der Waals surface area contributed by atoms with Gasteiger partial charge in [0, 0.05) is 10.8 Å². The second kappa shape index (κ2) is 4.61. The topological polar surface area (TPSA) is 17.1 Å². The number of Topliss-reactive ketones (excluding diaryl/α,β-unsaturated/α-hetero) is 1. The number of hydrogen-bond donors (Lipinski definition) is 0. The SMILES string of the molecule is CC1(C)C[C@H]2[C@@H]3CC[C@H]4CCCC[C@]4(C)[C@H]3CC[C@]2(C)C1=O. The smallest absolute Gasteiger partial charge is 0.144 e. The molecule has 0 aromatic rings. The zero-order valence-corrected chi connectivity index (χ0v) is 15.1. The highest BCUT2D eigenvalue weighted by atomic mass is 16.1. The summed E-state index contributed by atoms with van der Waals surface area (Å²) in [5, 5.41) is 0. The molecule has 0 N–H and O–H groups in total. The van der Waals surface area contributed by atoms with Crippen LogP contribution in [0.1, 0.15) is 85.5 Å². The Hall–Kier alpha value is -0.330. The number of rotatable bonds is 0. The minimum atomic E-state index is -0.0708. The standard InChI is InChI=1S/C21H34O/c1-19(2)13-17-15-9-8-14-7-5-6-11-20(14,3)16(15)10-12-21(17,4)18(19)22/h14-17H,5-13H2,1-4H3/t14-,15-,16+,17+,20+,21+/m1/s1. The number of carbonyl (C=O) groups is 1. The van der Waals surface area contributed by atoms with Gasteiger partial charge in [0.25, 0.3) is 0 Å². The summed E-state index contributed by atoms with van der Waals surface area (Å²) in [6.07, 6.45) is 12.4. The van der Waals surface area contributed by atoms with Gasteiger partial charge < -0.3 is 0 Å². The first-order chi connectivity index (χ1) is 10.3. The summed E-state index contributed by atoms with van der Waals surface area (Å²) >= 11 is 0. The van der Waals surface area contributed by atoms with Gasteiger partial charge in [-0.15, -0.1) is 0 Å². The Morgan fingerprint density at radius 1 is 0.864 bits per heavy atom. The summed E-state index contributed by atoms with van der Waals surface area (Å²) in [6, 6.07) is 0. The van der Waals surface area contributed by atoms with E-state index in [2.05, 4.69) is 27.7 Å². The minimum absolute atomic E-state index is 0.00251. The lowest BCUT2D eigenvalue weighted by molar-refractivity contribution is -0.141. The van der Waals surface area contributed by atoms with E-state index in [1.807, 2.05) is 0 Å². The van der Waals surface area contributed by atoms with Crippen LogP contribution in [0.4, 0.5) is 0 Å². The summed E-state index contributed by atoms with van der Waals surface area (Å²) in [5.74, 6) is 3.99. The molecule has 0 spiro atoms. The Kier molecular flexibility index (Phi) is 3.18. The first-order valence-corrected chi connectivity index (χ1v) is 9.84. The van der Waals surface area contributed by atoms with Crippen LogP contribution in [0.25, 0.3) is 0 Å². The summed E-state index contributed by atoms with van der Waals surface area (Å²) in [4.78, 5) is 13.0. The molecular formula is C21H34O. The van der Waals surface area contributed by atoms with Crippen LogP contribution >= 0.6 is 0 Å². The molecule has 0 heterocycles. The van der Waals surface area contributed by atoms with Gasteiger partial charge in [0.2, 0.25) is 0 Å². The maximum atomic E-state index is 13.0. The maximum Gasteiger partial charge on any atom is 0.144 e. The van der Waals surface area contributed by atoms with E-state index in [-0.39, 0.29) is 10.8 Å². The van der Waals surface area contributed by atoms with Crippen molar-refractivity contribution in [3.63, 3.8) is 0 Å². The molecular weight excluding hydrogens is 268 g/mol. The lowest BCUT2D eigenvalue weighted by atomic mass is 9.45. The molecule has 0 aromatic carbocycles. The van der Waals surface area contributed by atoms with Crippen LogP contribution in [0.5, 0.6) is 0 Å². The van der Waals surface area contributed by atoms with Crippen molar-refractivity contribution in [2.45, 2.75) is 85.5 Å². The average molecular weight is 303 g/mol. The minimum Gasteiger partial charge on any atom is -0.298 e. The molecule has 0 unspecified atom stereocenters. The van der Waals surface area contributed by atoms with Gasteiger partial charge in [0.05, 0.1) is 0 Å². The first-order valence-electron chi connectivity index (χ1n) is 9.84. The van der Waals surface area contributed by atoms with Crippen molar-refractivity contribution in [3.8, 4) is 0 Å². The molecule has 0 radical (unpaired) electrons. The van der Waals surface area contributed by atoms with Gasteiger partial charge >= 0.3 is 0 Å². The highest BCUT2D eigenvalue weighted by Crippen LogP contribution is 2.67. The second-order valence-corrected chi connectivity index (χ2v) is 10.3. The molecule has 1 heteroatoms. The first kappa shape index (κ1) is 15.2. The molecule has 22 heavy (non-hydrogen) atoms.